The van der Waals surface area contributed by atoms with Crippen molar-refractivity contribution in [3.8, 4) is 44.8 Å². The lowest BCUT2D eigenvalue weighted by Gasteiger charge is -2.16. The van der Waals surface area contributed by atoms with Gasteiger partial charge in [-0.15, -0.1) is 0 Å². The van der Waals surface area contributed by atoms with E-state index in [0.717, 1.165) is 22.5 Å². The lowest BCUT2D eigenvalue weighted by molar-refractivity contribution is 1.17. The Morgan fingerprint density at radius 3 is 1.40 bits per heavy atom. The largest absolute Gasteiger partial charge is 0.245 e. The molecule has 0 N–H and O–H groups in total. The Labute approximate surface area is 332 Å². The molecule has 0 fully saturated rings. The van der Waals surface area contributed by atoms with E-state index >= 15 is 0 Å². The minimum absolute atomic E-state index is 0.917. The highest BCUT2D eigenvalue weighted by Crippen LogP contribution is 2.54. The molecule has 2 heterocycles. The lowest BCUT2D eigenvalue weighted by Crippen LogP contribution is -1.91. The molecule has 0 unspecified atom stereocenters. The van der Waals surface area contributed by atoms with E-state index in [0.29, 0.717) is 0 Å². The molecular formula is C54H30N4. The number of nitrogens with zero attached hydrogens (tertiary/aromatic N) is 4. The molecule has 0 saturated carbocycles. The second-order valence-corrected chi connectivity index (χ2v) is 15.3. The number of rotatable bonds is 4. The molecular weight excluding hydrogens is 705 g/mol. The van der Waals surface area contributed by atoms with Gasteiger partial charge < -0.3 is 0 Å². The molecule has 13 rings (SSSR count). The maximum atomic E-state index is 4.92. The summed E-state index contributed by atoms with van der Waals surface area (Å²) >= 11 is 0. The molecule has 58 heavy (non-hydrogen) atoms. The van der Waals surface area contributed by atoms with Gasteiger partial charge in [-0.1, -0.05) is 133 Å². The van der Waals surface area contributed by atoms with Gasteiger partial charge in [0.15, 0.2) is 0 Å². The van der Waals surface area contributed by atoms with E-state index in [-0.39, 0.29) is 0 Å². The zero-order valence-electron chi connectivity index (χ0n) is 31.1. The van der Waals surface area contributed by atoms with Crippen molar-refractivity contribution in [3.63, 3.8) is 0 Å². The monoisotopic (exact) mass is 734 g/mol. The SMILES string of the molecule is c1ccc(-c2ccc(-c3ccncn3)c3c4cc5c(cc6c7c(-c8ccncn8)c8ccccc8c(-c8ccccc8)c7c7cccc5c76)c5cccc(c23)c54)cc1. The maximum absolute atomic E-state index is 4.92. The van der Waals surface area contributed by atoms with Crippen molar-refractivity contribution in [2.45, 2.75) is 0 Å². The summed E-state index contributed by atoms with van der Waals surface area (Å²) in [4.78, 5) is 18.3. The predicted octanol–water partition coefficient (Wildman–Crippen LogP) is 14.0. The van der Waals surface area contributed by atoms with Crippen molar-refractivity contribution in [2.24, 2.45) is 0 Å². The number of hydrogen-bond donors (Lipinski definition) is 0. The fourth-order valence-corrected chi connectivity index (χ4v) is 10.2. The maximum Gasteiger partial charge on any atom is 0.116 e. The van der Waals surface area contributed by atoms with Crippen LogP contribution in [0.4, 0.5) is 0 Å². The van der Waals surface area contributed by atoms with Crippen LogP contribution in [-0.4, -0.2) is 19.9 Å². The fourth-order valence-electron chi connectivity index (χ4n) is 10.2. The molecule has 0 spiro atoms. The Morgan fingerprint density at radius 1 is 0.276 bits per heavy atom. The van der Waals surface area contributed by atoms with Crippen LogP contribution in [0.25, 0.3) is 131 Å². The van der Waals surface area contributed by atoms with Gasteiger partial charge >= 0.3 is 0 Å². The van der Waals surface area contributed by atoms with Crippen LogP contribution in [-0.2, 0) is 0 Å². The summed E-state index contributed by atoms with van der Waals surface area (Å²) in [5.74, 6) is 0. The minimum atomic E-state index is 0.917. The van der Waals surface area contributed by atoms with Crippen LogP contribution in [0.1, 0.15) is 0 Å². The van der Waals surface area contributed by atoms with Gasteiger partial charge in [0.05, 0.1) is 11.4 Å². The van der Waals surface area contributed by atoms with Crippen molar-refractivity contribution in [1.29, 1.82) is 0 Å². The molecule has 0 bridgehead atoms. The van der Waals surface area contributed by atoms with Crippen LogP contribution in [0.5, 0.6) is 0 Å². The lowest BCUT2D eigenvalue weighted by atomic mass is 9.88. The van der Waals surface area contributed by atoms with Gasteiger partial charge in [-0.05, 0) is 122 Å². The van der Waals surface area contributed by atoms with Gasteiger partial charge in [0.25, 0.3) is 0 Å². The Hall–Kier alpha value is -7.82. The summed E-state index contributed by atoms with van der Waals surface area (Å²) in [5, 5.41) is 19.9. The number of fused-ring (bicyclic) bond motifs is 10. The smallest absolute Gasteiger partial charge is 0.116 e. The van der Waals surface area contributed by atoms with E-state index in [1.807, 2.05) is 18.5 Å². The standard InChI is InChI=1S/C54H30N4/c1-3-11-31(12-4-1)33-21-22-38(45-23-25-55-29-57-45)51-43-27-41-37-18-10-20-40-49(37)44(28-42(41)36-17-9-19-39(48(36)43)50(33)51)54-52(46-24-26-56-30-58-46)35-16-8-7-15-34(35)47(53(40)54)32-13-5-2-6-14-32/h1-30H. The van der Waals surface area contributed by atoms with Gasteiger partial charge in [0.2, 0.25) is 0 Å². The summed E-state index contributed by atoms with van der Waals surface area (Å²) in [7, 11) is 0. The third-order valence-corrected chi connectivity index (χ3v) is 12.5. The second kappa shape index (κ2) is 11.8. The van der Waals surface area contributed by atoms with Crippen LogP contribution in [0.2, 0.25) is 0 Å². The third kappa shape index (κ3) is 4.18. The predicted molar refractivity (Wildman–Crippen MR) is 242 cm³/mol. The Balaban J connectivity index is 1.27. The number of hydrogen-bond acceptors (Lipinski definition) is 4. The van der Waals surface area contributed by atoms with Crippen molar-refractivity contribution in [2.75, 3.05) is 0 Å². The molecule has 0 aliphatic carbocycles. The first-order chi connectivity index (χ1) is 28.8. The highest BCUT2D eigenvalue weighted by Gasteiger charge is 2.26. The van der Waals surface area contributed by atoms with E-state index in [1.54, 1.807) is 12.7 Å². The summed E-state index contributed by atoms with van der Waals surface area (Å²) in [6.07, 6.45) is 7.01. The summed E-state index contributed by atoms with van der Waals surface area (Å²) in [6.45, 7) is 0. The zero-order valence-corrected chi connectivity index (χ0v) is 31.1. The first-order valence-corrected chi connectivity index (χ1v) is 19.7. The first kappa shape index (κ1) is 31.4. The van der Waals surface area contributed by atoms with Gasteiger partial charge in [-0.25, -0.2) is 19.9 Å². The highest BCUT2D eigenvalue weighted by atomic mass is 14.8. The average Bonchev–Trinajstić information content (AvgIpc) is 3.81. The molecule has 0 aliphatic heterocycles. The van der Waals surface area contributed by atoms with Gasteiger partial charge in [0, 0.05) is 34.3 Å². The molecule has 2 aromatic heterocycles. The summed E-state index contributed by atoms with van der Waals surface area (Å²) in [6, 6.07) is 57.8. The van der Waals surface area contributed by atoms with Crippen molar-refractivity contribution >= 4 is 86.2 Å². The van der Waals surface area contributed by atoms with E-state index in [1.165, 1.54) is 108 Å². The van der Waals surface area contributed by atoms with E-state index in [9.17, 15) is 0 Å². The molecule has 0 atom stereocenters. The number of aromatic nitrogens is 4. The van der Waals surface area contributed by atoms with Crippen molar-refractivity contribution in [3.05, 3.63) is 183 Å². The Bertz CT molecular complexity index is 3750. The van der Waals surface area contributed by atoms with Crippen LogP contribution in [0, 0.1) is 0 Å². The zero-order chi connectivity index (χ0) is 37.9. The first-order valence-electron chi connectivity index (χ1n) is 19.7. The van der Waals surface area contributed by atoms with Crippen LogP contribution < -0.4 is 0 Å². The highest BCUT2D eigenvalue weighted by molar-refractivity contribution is 6.45. The van der Waals surface area contributed by atoms with E-state index in [4.69, 9.17) is 9.97 Å². The molecule has 0 radical (unpaired) electrons. The topological polar surface area (TPSA) is 51.6 Å². The average molecular weight is 735 g/mol. The molecule has 13 aromatic rings. The molecule has 11 aromatic carbocycles. The number of benzene rings is 9. The van der Waals surface area contributed by atoms with Crippen molar-refractivity contribution in [1.82, 2.24) is 19.9 Å². The molecule has 4 nitrogen and oxygen atoms in total. The van der Waals surface area contributed by atoms with E-state index in [2.05, 4.69) is 162 Å². The molecule has 0 aliphatic rings. The van der Waals surface area contributed by atoms with Gasteiger partial charge in [-0.3, -0.25) is 0 Å². The van der Waals surface area contributed by atoms with Gasteiger partial charge in [0.1, 0.15) is 12.7 Å². The van der Waals surface area contributed by atoms with Crippen molar-refractivity contribution < 1.29 is 0 Å². The summed E-state index contributed by atoms with van der Waals surface area (Å²) in [5.41, 5.74) is 8.97. The fraction of sp³-hybridized carbons (Fsp3) is 0. The molecule has 0 amide bonds. The van der Waals surface area contributed by atoms with E-state index < -0.39 is 0 Å². The van der Waals surface area contributed by atoms with Gasteiger partial charge in [-0.2, -0.15) is 0 Å². The Kier molecular flexibility index (Phi) is 6.41. The van der Waals surface area contributed by atoms with Crippen LogP contribution in [0.15, 0.2) is 183 Å². The van der Waals surface area contributed by atoms with Crippen LogP contribution in [0.3, 0.4) is 0 Å². The quantitative estimate of drug-likeness (QED) is 0.169. The molecule has 0 saturated heterocycles. The third-order valence-electron chi connectivity index (χ3n) is 12.5. The Morgan fingerprint density at radius 2 is 0.759 bits per heavy atom. The normalized spacial score (nSPS) is 12.1. The minimum Gasteiger partial charge on any atom is -0.245 e. The molecule has 4 heteroatoms. The molecule has 266 valence electrons. The summed E-state index contributed by atoms with van der Waals surface area (Å²) < 4.78 is 0. The second-order valence-electron chi connectivity index (χ2n) is 15.3. The van der Waals surface area contributed by atoms with Crippen LogP contribution >= 0.6 is 0 Å².